The first-order valence-electron chi connectivity index (χ1n) is 8.75. The van der Waals surface area contributed by atoms with Crippen molar-refractivity contribution in [3.8, 4) is 0 Å². The molecule has 1 unspecified atom stereocenters. The molecule has 26 heavy (non-hydrogen) atoms. The smallest absolute Gasteiger partial charge is 0.244 e. The number of hydrogen-bond acceptors (Lipinski definition) is 5. The minimum Gasteiger partial charge on any atom is -0.301 e. The molecule has 138 valence electrons. The molecule has 0 spiro atoms. The fraction of sp³-hybridized carbons (Fsp3) is 0.444. The number of anilines is 1. The van der Waals surface area contributed by atoms with E-state index in [1.165, 1.54) is 20.5 Å². The highest BCUT2D eigenvalue weighted by molar-refractivity contribution is 7.88. The Morgan fingerprint density at radius 2 is 1.96 bits per heavy atom. The van der Waals surface area contributed by atoms with E-state index >= 15 is 0 Å². The van der Waals surface area contributed by atoms with E-state index in [0.29, 0.717) is 11.6 Å². The van der Waals surface area contributed by atoms with Crippen LogP contribution in [0.1, 0.15) is 34.5 Å². The second-order valence-electron chi connectivity index (χ2n) is 6.88. The summed E-state index contributed by atoms with van der Waals surface area (Å²) in [5.74, 6) is -0.309. The highest BCUT2D eigenvalue weighted by Gasteiger charge is 2.37. The molecule has 0 saturated heterocycles. The first-order valence-corrected chi connectivity index (χ1v) is 11.4. The summed E-state index contributed by atoms with van der Waals surface area (Å²) in [6.07, 6.45) is 5.78. The SMILES string of the molecule is CS(=O)(=O)N1Cc2ccccc2CC1C(=O)Nc1nc2c(s1)CCCC2. The van der Waals surface area contributed by atoms with E-state index in [1.807, 2.05) is 24.3 Å². The molecule has 2 aliphatic rings. The van der Waals surface area contributed by atoms with E-state index in [2.05, 4.69) is 10.3 Å². The van der Waals surface area contributed by atoms with Crippen LogP contribution in [0.5, 0.6) is 0 Å². The van der Waals surface area contributed by atoms with Gasteiger partial charge in [0.15, 0.2) is 5.13 Å². The van der Waals surface area contributed by atoms with Crippen LogP contribution in [0.4, 0.5) is 5.13 Å². The lowest BCUT2D eigenvalue weighted by molar-refractivity contribution is -0.120. The van der Waals surface area contributed by atoms with Crippen LogP contribution in [0.15, 0.2) is 24.3 Å². The van der Waals surface area contributed by atoms with Crippen molar-refractivity contribution in [1.82, 2.24) is 9.29 Å². The number of carbonyl (C=O) groups is 1. The third-order valence-electron chi connectivity index (χ3n) is 5.01. The van der Waals surface area contributed by atoms with E-state index in [4.69, 9.17) is 0 Å². The standard InChI is InChI=1S/C18H21N3O3S2/c1-26(23,24)21-11-13-7-3-2-6-12(13)10-15(21)17(22)20-18-19-14-8-4-5-9-16(14)25-18/h2-3,6-7,15H,4-5,8-11H2,1H3,(H,19,20,22). The Labute approximate surface area is 157 Å². The predicted octanol–water partition coefficient (Wildman–Crippen LogP) is 2.35. The number of thiazole rings is 1. The number of fused-ring (bicyclic) bond motifs is 2. The van der Waals surface area contributed by atoms with Gasteiger partial charge in [-0.1, -0.05) is 24.3 Å². The van der Waals surface area contributed by atoms with Crippen molar-refractivity contribution in [3.63, 3.8) is 0 Å². The molecular formula is C18H21N3O3S2. The van der Waals surface area contributed by atoms with Crippen molar-refractivity contribution in [1.29, 1.82) is 0 Å². The Hall–Kier alpha value is -1.77. The fourth-order valence-corrected chi connectivity index (χ4v) is 5.72. The fourth-order valence-electron chi connectivity index (χ4n) is 3.67. The number of nitrogens with one attached hydrogen (secondary N) is 1. The van der Waals surface area contributed by atoms with Gasteiger partial charge in [0.2, 0.25) is 15.9 Å². The minimum atomic E-state index is -3.50. The van der Waals surface area contributed by atoms with Crippen LogP contribution in [0, 0.1) is 0 Å². The number of rotatable bonds is 3. The first kappa shape index (κ1) is 17.6. The summed E-state index contributed by atoms with van der Waals surface area (Å²) in [6.45, 7) is 0.224. The Morgan fingerprint density at radius 1 is 1.23 bits per heavy atom. The van der Waals surface area contributed by atoms with Gasteiger partial charge < -0.3 is 5.32 Å². The largest absolute Gasteiger partial charge is 0.301 e. The quantitative estimate of drug-likeness (QED) is 0.871. The topological polar surface area (TPSA) is 79.4 Å². The second-order valence-corrected chi connectivity index (χ2v) is 9.90. The summed E-state index contributed by atoms with van der Waals surface area (Å²) in [6, 6.07) is 6.92. The van der Waals surface area contributed by atoms with E-state index < -0.39 is 16.1 Å². The Morgan fingerprint density at radius 3 is 2.69 bits per heavy atom. The maximum Gasteiger partial charge on any atom is 0.244 e. The van der Waals surface area contributed by atoms with Crippen LogP contribution in [0.25, 0.3) is 0 Å². The summed E-state index contributed by atoms with van der Waals surface area (Å²) in [5.41, 5.74) is 3.04. The Bertz CT molecular complexity index is 929. The molecule has 4 rings (SSSR count). The molecule has 0 bridgehead atoms. The molecule has 0 radical (unpaired) electrons. The second kappa shape index (κ2) is 6.75. The lowest BCUT2D eigenvalue weighted by Crippen LogP contribution is -2.50. The number of benzene rings is 1. The maximum atomic E-state index is 12.9. The number of aromatic nitrogens is 1. The van der Waals surface area contributed by atoms with Crippen molar-refractivity contribution in [2.24, 2.45) is 0 Å². The molecule has 2 aromatic rings. The summed E-state index contributed by atoms with van der Waals surface area (Å²) in [4.78, 5) is 18.7. The van der Waals surface area contributed by atoms with Gasteiger partial charge in [0.1, 0.15) is 6.04 Å². The van der Waals surface area contributed by atoms with Crippen molar-refractivity contribution >= 4 is 32.4 Å². The number of amides is 1. The van der Waals surface area contributed by atoms with E-state index in [9.17, 15) is 13.2 Å². The first-order chi connectivity index (χ1) is 12.4. The number of aryl methyl sites for hydroxylation is 2. The summed E-state index contributed by atoms with van der Waals surface area (Å²) in [7, 11) is -3.50. The van der Waals surface area contributed by atoms with Gasteiger partial charge in [-0.15, -0.1) is 11.3 Å². The monoisotopic (exact) mass is 391 g/mol. The van der Waals surface area contributed by atoms with Crippen molar-refractivity contribution in [2.45, 2.75) is 44.7 Å². The average Bonchev–Trinajstić information content (AvgIpc) is 3.02. The zero-order valence-corrected chi connectivity index (χ0v) is 16.2. The third kappa shape index (κ3) is 3.41. The predicted molar refractivity (Wildman–Crippen MR) is 102 cm³/mol. The molecule has 1 aliphatic carbocycles. The molecule has 1 aromatic heterocycles. The highest BCUT2D eigenvalue weighted by Crippen LogP contribution is 2.31. The van der Waals surface area contributed by atoms with Gasteiger partial charge >= 0.3 is 0 Å². The molecule has 1 aromatic carbocycles. The van der Waals surface area contributed by atoms with Crippen molar-refractivity contribution in [3.05, 3.63) is 46.0 Å². The van der Waals surface area contributed by atoms with Gasteiger partial charge in [-0.05, 0) is 43.2 Å². The molecule has 0 fully saturated rings. The zero-order chi connectivity index (χ0) is 18.3. The van der Waals surface area contributed by atoms with Gasteiger partial charge in [-0.2, -0.15) is 4.31 Å². The molecule has 2 heterocycles. The van der Waals surface area contributed by atoms with E-state index in [1.54, 1.807) is 0 Å². The Kier molecular flexibility index (Phi) is 4.58. The number of hydrogen-bond donors (Lipinski definition) is 1. The molecule has 1 amide bonds. The molecule has 1 atom stereocenters. The van der Waals surface area contributed by atoms with Crippen LogP contribution < -0.4 is 5.32 Å². The Balaban J connectivity index is 1.59. The van der Waals surface area contributed by atoms with Crippen LogP contribution in [0.2, 0.25) is 0 Å². The molecular weight excluding hydrogens is 370 g/mol. The molecule has 6 nitrogen and oxygen atoms in total. The van der Waals surface area contributed by atoms with Gasteiger partial charge in [0.25, 0.3) is 0 Å². The average molecular weight is 392 g/mol. The molecule has 0 saturated carbocycles. The molecule has 1 N–H and O–H groups in total. The zero-order valence-electron chi connectivity index (χ0n) is 14.6. The number of carbonyl (C=O) groups excluding carboxylic acids is 1. The van der Waals surface area contributed by atoms with E-state index in [0.717, 1.165) is 48.8 Å². The normalized spacial score (nSPS) is 20.3. The van der Waals surface area contributed by atoms with Gasteiger partial charge in [-0.25, -0.2) is 13.4 Å². The van der Waals surface area contributed by atoms with Crippen LogP contribution >= 0.6 is 11.3 Å². The molecule has 8 heteroatoms. The summed E-state index contributed by atoms with van der Waals surface area (Å²) in [5, 5.41) is 3.44. The summed E-state index contributed by atoms with van der Waals surface area (Å²) >= 11 is 1.51. The summed E-state index contributed by atoms with van der Waals surface area (Å²) < 4.78 is 25.8. The van der Waals surface area contributed by atoms with Crippen molar-refractivity contribution < 1.29 is 13.2 Å². The van der Waals surface area contributed by atoms with Crippen LogP contribution in [-0.4, -0.2) is 35.9 Å². The third-order valence-corrected chi connectivity index (χ3v) is 7.32. The van der Waals surface area contributed by atoms with Crippen LogP contribution in [-0.2, 0) is 40.6 Å². The highest BCUT2D eigenvalue weighted by atomic mass is 32.2. The van der Waals surface area contributed by atoms with Crippen LogP contribution in [0.3, 0.4) is 0 Å². The lowest BCUT2D eigenvalue weighted by atomic mass is 9.95. The molecule has 1 aliphatic heterocycles. The van der Waals surface area contributed by atoms with Gasteiger partial charge in [0.05, 0.1) is 11.9 Å². The lowest BCUT2D eigenvalue weighted by Gasteiger charge is -2.33. The van der Waals surface area contributed by atoms with Crippen molar-refractivity contribution in [2.75, 3.05) is 11.6 Å². The minimum absolute atomic E-state index is 0.224. The van der Waals surface area contributed by atoms with Gasteiger partial charge in [0, 0.05) is 11.4 Å². The number of sulfonamides is 1. The van der Waals surface area contributed by atoms with Gasteiger partial charge in [-0.3, -0.25) is 4.79 Å². The van der Waals surface area contributed by atoms with E-state index in [-0.39, 0.29) is 12.5 Å². The maximum absolute atomic E-state index is 12.9. The number of nitrogens with zero attached hydrogens (tertiary/aromatic N) is 2.